The zero-order valence-electron chi connectivity index (χ0n) is 7.88. The molecule has 0 spiro atoms. The van der Waals surface area contributed by atoms with E-state index >= 15 is 0 Å². The molecule has 2 nitrogen and oxygen atoms in total. The molecule has 11 heavy (non-hydrogen) atoms. The molecule has 1 fully saturated rings. The van der Waals surface area contributed by atoms with Crippen molar-refractivity contribution in [2.24, 2.45) is 0 Å². The minimum atomic E-state index is -0.0660. The van der Waals surface area contributed by atoms with Crippen molar-refractivity contribution in [2.45, 2.75) is 37.8 Å². The first-order valence-corrected chi connectivity index (χ1v) is 4.51. The average Bonchev–Trinajstić information content (AvgIpc) is 1.86. The van der Waals surface area contributed by atoms with Crippen molar-refractivity contribution >= 4 is 0 Å². The third-order valence-corrected chi connectivity index (χ3v) is 2.69. The van der Waals surface area contributed by atoms with Crippen LogP contribution >= 0.6 is 0 Å². The number of aliphatic hydroxyl groups excluding tert-OH is 1. The molecule has 0 unspecified atom stereocenters. The Kier molecular flexibility index (Phi) is 2.55. The number of hydrogen-bond acceptors (Lipinski definition) is 1. The summed E-state index contributed by atoms with van der Waals surface area (Å²) >= 11 is 0. The zero-order valence-corrected chi connectivity index (χ0v) is 7.88. The average molecular weight is 158 g/mol. The number of aliphatic hydroxyl groups is 1. The van der Waals surface area contributed by atoms with Gasteiger partial charge in [0.25, 0.3) is 0 Å². The largest absolute Gasteiger partial charge is 0.387 e. The van der Waals surface area contributed by atoms with Crippen LogP contribution in [0.3, 0.4) is 0 Å². The van der Waals surface area contributed by atoms with Crippen LogP contribution in [0.25, 0.3) is 0 Å². The Hall–Kier alpha value is -0.0800. The normalized spacial score (nSPS) is 33.8. The number of likely N-dealkylation sites (N-methyl/N-ethyl adjacent to an activating group) is 1. The van der Waals surface area contributed by atoms with Crippen molar-refractivity contribution in [3.8, 4) is 0 Å². The molecule has 0 heterocycles. The molecule has 2 atom stereocenters. The molecular formula is C9H20NO+. The fourth-order valence-electron chi connectivity index (χ4n) is 2.00. The number of hydrogen-bond donors (Lipinski definition) is 1. The zero-order chi connectivity index (χ0) is 8.48. The van der Waals surface area contributed by atoms with Gasteiger partial charge < -0.3 is 9.59 Å². The molecule has 1 rings (SSSR count). The van der Waals surface area contributed by atoms with Crippen LogP contribution in [0.5, 0.6) is 0 Å². The van der Waals surface area contributed by atoms with Crippen LogP contribution in [0, 0.1) is 0 Å². The summed E-state index contributed by atoms with van der Waals surface area (Å²) in [7, 11) is 6.50. The lowest BCUT2D eigenvalue weighted by Gasteiger charge is -2.39. The number of rotatable bonds is 1. The molecule has 0 radical (unpaired) electrons. The smallest absolute Gasteiger partial charge is 0.115 e. The molecule has 0 aliphatic heterocycles. The Labute approximate surface area is 69.4 Å². The quantitative estimate of drug-likeness (QED) is 0.564. The summed E-state index contributed by atoms with van der Waals surface area (Å²) in [4.78, 5) is 0. The van der Waals surface area contributed by atoms with Crippen LogP contribution in [0.1, 0.15) is 25.7 Å². The van der Waals surface area contributed by atoms with Gasteiger partial charge in [-0.3, -0.25) is 0 Å². The van der Waals surface area contributed by atoms with Gasteiger partial charge in [-0.2, -0.15) is 0 Å². The van der Waals surface area contributed by atoms with Gasteiger partial charge in [0, 0.05) is 6.42 Å². The lowest BCUT2D eigenvalue weighted by Crippen LogP contribution is -2.52. The van der Waals surface area contributed by atoms with Crippen LogP contribution in [0.4, 0.5) is 0 Å². The van der Waals surface area contributed by atoms with E-state index in [9.17, 15) is 5.11 Å². The molecule has 0 saturated heterocycles. The molecule has 0 bridgehead atoms. The molecule has 0 aromatic heterocycles. The molecule has 66 valence electrons. The van der Waals surface area contributed by atoms with E-state index in [-0.39, 0.29) is 6.10 Å². The fraction of sp³-hybridized carbons (Fsp3) is 1.00. The Balaban J connectivity index is 2.55. The highest BCUT2D eigenvalue weighted by atomic mass is 16.3. The molecular weight excluding hydrogens is 138 g/mol. The monoisotopic (exact) mass is 158 g/mol. The van der Waals surface area contributed by atoms with Crippen LogP contribution in [0.15, 0.2) is 0 Å². The number of quaternary nitrogens is 1. The minimum Gasteiger partial charge on any atom is -0.387 e. The highest BCUT2D eigenvalue weighted by Crippen LogP contribution is 2.24. The predicted molar refractivity (Wildman–Crippen MR) is 46.3 cm³/mol. The molecule has 0 amide bonds. The highest BCUT2D eigenvalue weighted by molar-refractivity contribution is 4.74. The van der Waals surface area contributed by atoms with Gasteiger partial charge in [0.15, 0.2) is 0 Å². The summed E-state index contributed by atoms with van der Waals surface area (Å²) in [5.74, 6) is 0. The van der Waals surface area contributed by atoms with Crippen LogP contribution in [-0.4, -0.2) is 42.9 Å². The van der Waals surface area contributed by atoms with Crippen LogP contribution < -0.4 is 0 Å². The standard InChI is InChI=1S/C9H20NO/c1-10(2,3)8-6-4-5-7-9(8)11/h8-9,11H,4-7H2,1-3H3/q+1/t8-,9+/m1/s1. The second-order valence-corrected chi connectivity index (χ2v) is 4.54. The molecule has 0 aromatic carbocycles. The topological polar surface area (TPSA) is 20.2 Å². The Morgan fingerprint density at radius 1 is 1.09 bits per heavy atom. The van der Waals surface area contributed by atoms with Gasteiger partial charge in [0.2, 0.25) is 0 Å². The lowest BCUT2D eigenvalue weighted by atomic mass is 9.91. The van der Waals surface area contributed by atoms with Gasteiger partial charge >= 0.3 is 0 Å². The summed E-state index contributed by atoms with van der Waals surface area (Å²) in [6.07, 6.45) is 4.61. The van der Waals surface area contributed by atoms with Gasteiger partial charge in [0.1, 0.15) is 12.1 Å². The second kappa shape index (κ2) is 3.11. The Morgan fingerprint density at radius 3 is 2.00 bits per heavy atom. The maximum Gasteiger partial charge on any atom is 0.115 e. The summed E-state index contributed by atoms with van der Waals surface area (Å²) < 4.78 is 0.904. The third-order valence-electron chi connectivity index (χ3n) is 2.69. The maximum atomic E-state index is 9.69. The van der Waals surface area contributed by atoms with Gasteiger partial charge in [-0.1, -0.05) is 6.42 Å². The molecule has 1 N–H and O–H groups in total. The fourth-order valence-corrected chi connectivity index (χ4v) is 2.00. The first-order chi connectivity index (χ1) is 5.02. The van der Waals surface area contributed by atoms with Crippen molar-refractivity contribution < 1.29 is 9.59 Å². The molecule has 1 aliphatic carbocycles. The first-order valence-electron chi connectivity index (χ1n) is 4.51. The van der Waals surface area contributed by atoms with E-state index in [4.69, 9.17) is 0 Å². The van der Waals surface area contributed by atoms with Crippen LogP contribution in [0.2, 0.25) is 0 Å². The summed E-state index contributed by atoms with van der Waals surface area (Å²) in [6.45, 7) is 0. The molecule has 1 aliphatic rings. The van der Waals surface area contributed by atoms with E-state index in [1.165, 1.54) is 19.3 Å². The third kappa shape index (κ3) is 2.17. The van der Waals surface area contributed by atoms with Gasteiger partial charge in [-0.15, -0.1) is 0 Å². The van der Waals surface area contributed by atoms with Crippen molar-refractivity contribution in [1.29, 1.82) is 0 Å². The SMILES string of the molecule is C[N+](C)(C)[C@@H]1CCCC[C@@H]1O. The van der Waals surface area contributed by atoms with Gasteiger partial charge in [-0.05, 0) is 12.8 Å². The lowest BCUT2D eigenvalue weighted by molar-refractivity contribution is -0.901. The number of nitrogens with zero attached hydrogens (tertiary/aromatic N) is 1. The maximum absolute atomic E-state index is 9.69. The molecule has 2 heteroatoms. The van der Waals surface area contributed by atoms with E-state index in [1.54, 1.807) is 0 Å². The Morgan fingerprint density at radius 2 is 1.64 bits per heavy atom. The second-order valence-electron chi connectivity index (χ2n) is 4.54. The van der Waals surface area contributed by atoms with E-state index in [1.807, 2.05) is 0 Å². The van der Waals surface area contributed by atoms with Crippen molar-refractivity contribution in [2.75, 3.05) is 21.1 Å². The molecule has 0 aromatic rings. The minimum absolute atomic E-state index is 0.0660. The van der Waals surface area contributed by atoms with Crippen molar-refractivity contribution in [3.05, 3.63) is 0 Å². The van der Waals surface area contributed by atoms with E-state index in [0.29, 0.717) is 6.04 Å². The highest BCUT2D eigenvalue weighted by Gasteiger charge is 2.33. The van der Waals surface area contributed by atoms with Crippen molar-refractivity contribution in [3.63, 3.8) is 0 Å². The summed E-state index contributed by atoms with van der Waals surface area (Å²) in [6, 6.07) is 0.462. The summed E-state index contributed by atoms with van der Waals surface area (Å²) in [5.41, 5.74) is 0. The van der Waals surface area contributed by atoms with E-state index in [2.05, 4.69) is 21.1 Å². The predicted octanol–water partition coefficient (Wildman–Crippen LogP) is 0.996. The van der Waals surface area contributed by atoms with Crippen molar-refractivity contribution in [1.82, 2.24) is 0 Å². The van der Waals surface area contributed by atoms with Crippen LogP contribution in [-0.2, 0) is 0 Å². The van der Waals surface area contributed by atoms with E-state index in [0.717, 1.165) is 10.9 Å². The molecule has 1 saturated carbocycles. The van der Waals surface area contributed by atoms with Gasteiger partial charge in [-0.25, -0.2) is 0 Å². The summed E-state index contributed by atoms with van der Waals surface area (Å²) in [5, 5.41) is 9.69. The first kappa shape index (κ1) is 9.01. The van der Waals surface area contributed by atoms with Gasteiger partial charge in [0.05, 0.1) is 21.1 Å². The Bertz CT molecular complexity index is 128. The van der Waals surface area contributed by atoms with E-state index < -0.39 is 0 Å².